The van der Waals surface area contributed by atoms with E-state index in [0.29, 0.717) is 0 Å². The third-order valence-electron chi connectivity index (χ3n) is 1.56. The van der Waals surface area contributed by atoms with E-state index in [1.54, 1.807) is 0 Å². The molecule has 0 bridgehead atoms. The van der Waals surface area contributed by atoms with Crippen LogP contribution in [0.1, 0.15) is 12.8 Å². The summed E-state index contributed by atoms with van der Waals surface area (Å²) in [5, 5.41) is 12.0. The van der Waals surface area contributed by atoms with Gasteiger partial charge in [0, 0.05) is 6.04 Å². The zero-order valence-electron chi connectivity index (χ0n) is 4.93. The lowest BCUT2D eigenvalue weighted by Gasteiger charge is -2.11. The highest BCUT2D eigenvalue weighted by molar-refractivity contribution is 4.81. The van der Waals surface area contributed by atoms with Crippen molar-refractivity contribution in [3.8, 4) is 0 Å². The summed E-state index contributed by atoms with van der Waals surface area (Å²) in [5.41, 5.74) is 0. The Morgan fingerprint density at radius 2 is 2.50 bits per heavy atom. The standard InChI is InChI=1S/C6H12NO/c1-5(8)6-3-2-4-7-6/h5-8H,1-4H2. The predicted octanol–water partition coefficient (Wildman–Crippen LogP) is -0.0666. The maximum Gasteiger partial charge on any atom is 0.0694 e. The predicted molar refractivity (Wildman–Crippen MR) is 32.4 cm³/mol. The highest BCUT2D eigenvalue weighted by atomic mass is 16.3. The smallest absolute Gasteiger partial charge is 0.0694 e. The van der Waals surface area contributed by atoms with E-state index in [4.69, 9.17) is 5.11 Å². The van der Waals surface area contributed by atoms with Gasteiger partial charge in [0.1, 0.15) is 0 Å². The van der Waals surface area contributed by atoms with Crippen molar-refractivity contribution in [1.29, 1.82) is 0 Å². The second-order valence-corrected chi connectivity index (χ2v) is 2.27. The molecule has 0 amide bonds. The first-order valence-electron chi connectivity index (χ1n) is 3.05. The Morgan fingerprint density at radius 1 is 1.75 bits per heavy atom. The van der Waals surface area contributed by atoms with Crippen LogP contribution in [-0.4, -0.2) is 23.8 Å². The minimum atomic E-state index is -0.419. The molecule has 0 aromatic rings. The van der Waals surface area contributed by atoms with Gasteiger partial charge >= 0.3 is 0 Å². The molecule has 8 heavy (non-hydrogen) atoms. The van der Waals surface area contributed by atoms with Gasteiger partial charge in [0.25, 0.3) is 0 Å². The van der Waals surface area contributed by atoms with E-state index in [-0.39, 0.29) is 6.04 Å². The van der Waals surface area contributed by atoms with Crippen molar-refractivity contribution in [2.24, 2.45) is 0 Å². The summed E-state index contributed by atoms with van der Waals surface area (Å²) in [6, 6.07) is 0.259. The Labute approximate surface area is 49.9 Å². The third kappa shape index (κ3) is 1.20. The number of hydrogen-bond acceptors (Lipinski definition) is 2. The highest BCUT2D eigenvalue weighted by Gasteiger charge is 2.17. The van der Waals surface area contributed by atoms with Crippen molar-refractivity contribution in [2.75, 3.05) is 6.54 Å². The molecule has 0 saturated carbocycles. The number of hydrogen-bond donors (Lipinski definition) is 2. The summed E-state index contributed by atoms with van der Waals surface area (Å²) in [5.74, 6) is 0. The van der Waals surface area contributed by atoms with Crippen LogP contribution in [0.3, 0.4) is 0 Å². The van der Waals surface area contributed by atoms with Gasteiger partial charge in [0.2, 0.25) is 0 Å². The molecule has 1 fully saturated rings. The van der Waals surface area contributed by atoms with E-state index in [1.165, 1.54) is 6.42 Å². The van der Waals surface area contributed by atoms with E-state index in [2.05, 4.69) is 12.2 Å². The molecule has 1 saturated heterocycles. The number of aliphatic hydroxyl groups is 1. The fourth-order valence-corrected chi connectivity index (χ4v) is 1.04. The molecular formula is C6H12NO. The Morgan fingerprint density at radius 3 is 2.75 bits per heavy atom. The summed E-state index contributed by atoms with van der Waals surface area (Å²) < 4.78 is 0. The second-order valence-electron chi connectivity index (χ2n) is 2.27. The SMILES string of the molecule is [CH2]C(O)C1CCCN1. The van der Waals surface area contributed by atoms with Crippen LogP contribution in [0.4, 0.5) is 0 Å². The van der Waals surface area contributed by atoms with Crippen LogP contribution in [-0.2, 0) is 0 Å². The van der Waals surface area contributed by atoms with E-state index in [0.717, 1.165) is 13.0 Å². The molecule has 1 rings (SSSR count). The van der Waals surface area contributed by atoms with Crippen LogP contribution in [0.2, 0.25) is 0 Å². The molecule has 2 N–H and O–H groups in total. The summed E-state index contributed by atoms with van der Waals surface area (Å²) in [6.45, 7) is 4.55. The first-order valence-corrected chi connectivity index (χ1v) is 3.05. The average Bonchev–Trinajstić information content (AvgIpc) is 2.12. The van der Waals surface area contributed by atoms with Crippen molar-refractivity contribution < 1.29 is 5.11 Å². The van der Waals surface area contributed by atoms with Crippen LogP contribution >= 0.6 is 0 Å². The van der Waals surface area contributed by atoms with Gasteiger partial charge in [-0.25, -0.2) is 0 Å². The molecule has 0 aromatic heterocycles. The molecule has 2 atom stereocenters. The molecule has 2 unspecified atom stereocenters. The molecule has 2 nitrogen and oxygen atoms in total. The van der Waals surface area contributed by atoms with Crippen LogP contribution in [0.15, 0.2) is 0 Å². The summed E-state index contributed by atoms with van der Waals surface area (Å²) in [4.78, 5) is 0. The third-order valence-corrected chi connectivity index (χ3v) is 1.56. The topological polar surface area (TPSA) is 32.3 Å². The van der Waals surface area contributed by atoms with E-state index in [9.17, 15) is 0 Å². The molecular weight excluding hydrogens is 102 g/mol. The Kier molecular flexibility index (Phi) is 1.86. The second kappa shape index (κ2) is 2.46. The normalized spacial score (nSPS) is 33.0. The monoisotopic (exact) mass is 114 g/mol. The maximum absolute atomic E-state index is 8.88. The van der Waals surface area contributed by atoms with Gasteiger partial charge in [0.05, 0.1) is 6.10 Å². The molecule has 1 heterocycles. The van der Waals surface area contributed by atoms with Crippen molar-refractivity contribution in [3.05, 3.63) is 6.92 Å². The van der Waals surface area contributed by atoms with E-state index < -0.39 is 6.10 Å². The van der Waals surface area contributed by atoms with Crippen molar-refractivity contribution in [1.82, 2.24) is 5.32 Å². The Balaban J connectivity index is 2.24. The molecule has 2 heteroatoms. The van der Waals surface area contributed by atoms with Gasteiger partial charge in [-0.05, 0) is 26.3 Å². The minimum absolute atomic E-state index is 0.259. The maximum atomic E-state index is 8.88. The Bertz CT molecular complexity index is 66.9. The highest BCUT2D eigenvalue weighted by Crippen LogP contribution is 2.07. The van der Waals surface area contributed by atoms with Gasteiger partial charge in [-0.2, -0.15) is 0 Å². The van der Waals surface area contributed by atoms with Crippen molar-refractivity contribution >= 4 is 0 Å². The summed E-state index contributed by atoms with van der Waals surface area (Å²) >= 11 is 0. The fourth-order valence-electron chi connectivity index (χ4n) is 1.04. The van der Waals surface area contributed by atoms with E-state index >= 15 is 0 Å². The van der Waals surface area contributed by atoms with Crippen LogP contribution in [0.5, 0.6) is 0 Å². The number of rotatable bonds is 1. The lowest BCUT2D eigenvalue weighted by molar-refractivity contribution is 0.179. The van der Waals surface area contributed by atoms with Gasteiger partial charge in [0.15, 0.2) is 0 Å². The minimum Gasteiger partial charge on any atom is -0.392 e. The molecule has 1 radical (unpaired) electrons. The zero-order valence-corrected chi connectivity index (χ0v) is 4.93. The van der Waals surface area contributed by atoms with Gasteiger partial charge < -0.3 is 10.4 Å². The molecule has 1 aliphatic rings. The van der Waals surface area contributed by atoms with Gasteiger partial charge in [-0.1, -0.05) is 0 Å². The van der Waals surface area contributed by atoms with Gasteiger partial charge in [-0.3, -0.25) is 0 Å². The molecule has 0 aliphatic carbocycles. The van der Waals surface area contributed by atoms with Crippen LogP contribution in [0, 0.1) is 6.92 Å². The quantitative estimate of drug-likeness (QED) is 0.500. The van der Waals surface area contributed by atoms with Crippen molar-refractivity contribution in [2.45, 2.75) is 25.0 Å². The Hall–Kier alpha value is -0.0800. The largest absolute Gasteiger partial charge is 0.392 e. The first-order chi connectivity index (χ1) is 3.80. The molecule has 47 valence electrons. The van der Waals surface area contributed by atoms with Crippen molar-refractivity contribution in [3.63, 3.8) is 0 Å². The lowest BCUT2D eigenvalue weighted by atomic mass is 10.1. The number of aliphatic hydroxyl groups excluding tert-OH is 1. The van der Waals surface area contributed by atoms with Crippen LogP contribution in [0.25, 0.3) is 0 Å². The molecule has 1 aliphatic heterocycles. The molecule has 0 aromatic carbocycles. The molecule has 0 spiro atoms. The fraction of sp³-hybridized carbons (Fsp3) is 0.833. The van der Waals surface area contributed by atoms with E-state index in [1.807, 2.05) is 0 Å². The van der Waals surface area contributed by atoms with Gasteiger partial charge in [-0.15, -0.1) is 0 Å². The lowest BCUT2D eigenvalue weighted by Crippen LogP contribution is -2.32. The average molecular weight is 114 g/mol. The first kappa shape index (κ1) is 6.05. The number of nitrogens with one attached hydrogen (secondary N) is 1. The van der Waals surface area contributed by atoms with Crippen LogP contribution < -0.4 is 5.32 Å². The zero-order chi connectivity index (χ0) is 5.98. The summed E-state index contributed by atoms with van der Waals surface area (Å²) in [7, 11) is 0. The summed E-state index contributed by atoms with van der Waals surface area (Å²) in [6.07, 6.45) is 1.83.